The van der Waals surface area contributed by atoms with Crippen LogP contribution in [0.5, 0.6) is 0 Å². The van der Waals surface area contributed by atoms with Gasteiger partial charge >= 0.3 is 0 Å². The lowest BCUT2D eigenvalue weighted by molar-refractivity contribution is -0.00971. The van der Waals surface area contributed by atoms with Crippen molar-refractivity contribution >= 4 is 0 Å². The van der Waals surface area contributed by atoms with Crippen LogP contribution >= 0.6 is 0 Å². The molecule has 0 aliphatic carbocycles. The fourth-order valence-corrected chi connectivity index (χ4v) is 1.79. The number of methoxy groups -OCH3 is 1. The molecule has 0 radical (unpaired) electrons. The molecule has 0 spiro atoms. The fraction of sp³-hybridized carbons (Fsp3) is 1.00. The molecule has 0 aromatic heterocycles. The maximum Gasteiger partial charge on any atom is 0.136 e. The highest BCUT2D eigenvalue weighted by molar-refractivity contribution is 4.84. The largest absolute Gasteiger partial charge is 0.381 e. The topological polar surface area (TPSA) is 35.2 Å². The fourth-order valence-electron chi connectivity index (χ4n) is 1.79. The maximum absolute atomic E-state index is 14.4. The summed E-state index contributed by atoms with van der Waals surface area (Å²) in [6.45, 7) is 4.77. The smallest absolute Gasteiger partial charge is 0.136 e. The van der Waals surface area contributed by atoms with Gasteiger partial charge in [0.2, 0.25) is 0 Å². The van der Waals surface area contributed by atoms with Crippen LogP contribution in [0.3, 0.4) is 0 Å². The van der Waals surface area contributed by atoms with E-state index in [9.17, 15) is 4.39 Å². The highest BCUT2D eigenvalue weighted by atomic mass is 19.1. The molecule has 0 saturated carbocycles. The highest BCUT2D eigenvalue weighted by Gasteiger charge is 2.34. The molecule has 14 heavy (non-hydrogen) atoms. The molecular formula is C11H24FNO. The molecule has 2 N–H and O–H groups in total. The van der Waals surface area contributed by atoms with Crippen LogP contribution in [-0.4, -0.2) is 25.9 Å². The van der Waals surface area contributed by atoms with Crippen LogP contribution in [0.1, 0.15) is 39.5 Å². The zero-order chi connectivity index (χ0) is 11.0. The van der Waals surface area contributed by atoms with E-state index in [2.05, 4.69) is 6.92 Å². The van der Waals surface area contributed by atoms with E-state index in [1.54, 1.807) is 7.11 Å². The minimum atomic E-state index is -1.19. The van der Waals surface area contributed by atoms with Gasteiger partial charge in [-0.3, -0.25) is 0 Å². The first-order chi connectivity index (χ1) is 6.60. The summed E-state index contributed by atoms with van der Waals surface area (Å²) in [6, 6.07) is 0. The van der Waals surface area contributed by atoms with Crippen molar-refractivity contribution in [1.29, 1.82) is 0 Å². The Kier molecular flexibility index (Phi) is 7.11. The number of halogens is 1. The van der Waals surface area contributed by atoms with Crippen molar-refractivity contribution in [3.05, 3.63) is 0 Å². The van der Waals surface area contributed by atoms with Crippen molar-refractivity contribution < 1.29 is 9.13 Å². The molecule has 2 atom stereocenters. The second kappa shape index (κ2) is 7.18. The zero-order valence-corrected chi connectivity index (χ0v) is 9.68. The molecule has 0 fully saturated rings. The standard InChI is InChI=1S/C11H24FNO/c1-4-6-10(2)11(12,9-14-3)7-5-8-13/h10H,4-9,13H2,1-3H3. The van der Waals surface area contributed by atoms with E-state index in [4.69, 9.17) is 10.5 Å². The maximum atomic E-state index is 14.4. The molecule has 0 rings (SSSR count). The third kappa shape index (κ3) is 4.38. The van der Waals surface area contributed by atoms with Gasteiger partial charge in [-0.25, -0.2) is 4.39 Å². The van der Waals surface area contributed by atoms with Crippen molar-refractivity contribution in [2.75, 3.05) is 20.3 Å². The van der Waals surface area contributed by atoms with E-state index >= 15 is 0 Å². The van der Waals surface area contributed by atoms with Crippen molar-refractivity contribution in [1.82, 2.24) is 0 Å². The van der Waals surface area contributed by atoms with E-state index in [1.165, 1.54) is 0 Å². The third-order valence-corrected chi connectivity index (χ3v) is 2.79. The van der Waals surface area contributed by atoms with Crippen LogP contribution in [0.25, 0.3) is 0 Å². The van der Waals surface area contributed by atoms with Crippen molar-refractivity contribution in [2.45, 2.75) is 45.2 Å². The number of rotatable bonds is 8. The first-order valence-electron chi connectivity index (χ1n) is 5.48. The summed E-state index contributed by atoms with van der Waals surface area (Å²) in [5.41, 5.74) is 4.21. The summed E-state index contributed by atoms with van der Waals surface area (Å²) in [7, 11) is 1.55. The second-order valence-corrected chi connectivity index (χ2v) is 4.05. The summed E-state index contributed by atoms with van der Waals surface area (Å²) in [4.78, 5) is 0. The number of nitrogens with two attached hydrogens (primary N) is 1. The van der Waals surface area contributed by atoms with E-state index in [0.29, 0.717) is 13.0 Å². The number of ether oxygens (including phenoxy) is 1. The Balaban J connectivity index is 4.19. The SMILES string of the molecule is CCCC(C)C(F)(CCCN)COC. The second-order valence-electron chi connectivity index (χ2n) is 4.05. The van der Waals surface area contributed by atoms with Gasteiger partial charge in [-0.05, 0) is 31.7 Å². The molecule has 2 unspecified atom stereocenters. The van der Waals surface area contributed by atoms with Gasteiger partial charge in [0.15, 0.2) is 0 Å². The Morgan fingerprint density at radius 3 is 2.57 bits per heavy atom. The van der Waals surface area contributed by atoms with Crippen molar-refractivity contribution in [3.8, 4) is 0 Å². The molecule has 2 nitrogen and oxygen atoms in total. The monoisotopic (exact) mass is 205 g/mol. The van der Waals surface area contributed by atoms with Crippen LogP contribution in [0.2, 0.25) is 0 Å². The third-order valence-electron chi connectivity index (χ3n) is 2.79. The Morgan fingerprint density at radius 1 is 1.50 bits per heavy atom. The van der Waals surface area contributed by atoms with Gasteiger partial charge in [0, 0.05) is 7.11 Å². The van der Waals surface area contributed by atoms with E-state index < -0.39 is 5.67 Å². The highest BCUT2D eigenvalue weighted by Crippen LogP contribution is 2.31. The predicted molar refractivity (Wildman–Crippen MR) is 58.1 cm³/mol. The first kappa shape index (κ1) is 13.8. The summed E-state index contributed by atoms with van der Waals surface area (Å²) in [6.07, 6.45) is 3.16. The van der Waals surface area contributed by atoms with Crippen LogP contribution in [0.4, 0.5) is 4.39 Å². The first-order valence-corrected chi connectivity index (χ1v) is 5.48. The van der Waals surface area contributed by atoms with Crippen LogP contribution in [-0.2, 0) is 4.74 Å². The van der Waals surface area contributed by atoms with Gasteiger partial charge in [0.1, 0.15) is 5.67 Å². The molecule has 0 saturated heterocycles. The molecule has 0 aliphatic heterocycles. The van der Waals surface area contributed by atoms with Crippen LogP contribution in [0, 0.1) is 5.92 Å². The van der Waals surface area contributed by atoms with Gasteiger partial charge < -0.3 is 10.5 Å². The lowest BCUT2D eigenvalue weighted by Gasteiger charge is -2.30. The summed E-state index contributed by atoms with van der Waals surface area (Å²) in [5.74, 6) is 0.0546. The van der Waals surface area contributed by atoms with E-state index in [1.807, 2.05) is 6.92 Å². The number of alkyl halides is 1. The molecule has 0 aromatic carbocycles. The van der Waals surface area contributed by atoms with Gasteiger partial charge in [-0.15, -0.1) is 0 Å². The molecular weight excluding hydrogens is 181 g/mol. The van der Waals surface area contributed by atoms with Crippen LogP contribution < -0.4 is 5.73 Å². The Labute approximate surface area is 87.0 Å². The normalized spacial score (nSPS) is 17.8. The van der Waals surface area contributed by atoms with Gasteiger partial charge in [0.05, 0.1) is 6.61 Å². The Hall–Kier alpha value is -0.150. The molecule has 0 heterocycles. The minimum absolute atomic E-state index is 0.0546. The van der Waals surface area contributed by atoms with Gasteiger partial charge in [0.25, 0.3) is 0 Å². The van der Waals surface area contributed by atoms with Crippen LogP contribution in [0.15, 0.2) is 0 Å². The lowest BCUT2D eigenvalue weighted by atomic mass is 9.84. The number of hydrogen-bond donors (Lipinski definition) is 1. The van der Waals surface area contributed by atoms with Gasteiger partial charge in [-0.1, -0.05) is 20.3 Å². The molecule has 3 heteroatoms. The molecule has 86 valence electrons. The predicted octanol–water partition coefficient (Wildman–Crippen LogP) is 2.52. The summed E-state index contributed by atoms with van der Waals surface area (Å²) >= 11 is 0. The average Bonchev–Trinajstić information content (AvgIpc) is 2.15. The Bertz CT molecular complexity index is 143. The van der Waals surface area contributed by atoms with E-state index in [-0.39, 0.29) is 12.5 Å². The molecule has 0 amide bonds. The summed E-state index contributed by atoms with van der Waals surface area (Å²) in [5, 5.41) is 0. The quantitative estimate of drug-likeness (QED) is 0.661. The van der Waals surface area contributed by atoms with E-state index in [0.717, 1.165) is 19.3 Å². The Morgan fingerprint density at radius 2 is 2.14 bits per heavy atom. The number of hydrogen-bond acceptors (Lipinski definition) is 2. The summed E-state index contributed by atoms with van der Waals surface area (Å²) < 4.78 is 19.3. The lowest BCUT2D eigenvalue weighted by Crippen LogP contribution is -2.37. The average molecular weight is 205 g/mol. The minimum Gasteiger partial charge on any atom is -0.381 e. The molecule has 0 aromatic rings. The zero-order valence-electron chi connectivity index (χ0n) is 9.68. The molecule has 0 aliphatic rings. The molecule has 0 bridgehead atoms. The van der Waals surface area contributed by atoms with Gasteiger partial charge in [-0.2, -0.15) is 0 Å². The van der Waals surface area contributed by atoms with Crippen molar-refractivity contribution in [3.63, 3.8) is 0 Å². The van der Waals surface area contributed by atoms with Crippen molar-refractivity contribution in [2.24, 2.45) is 11.7 Å².